The number of amides is 2. The van der Waals surface area contributed by atoms with E-state index in [0.717, 1.165) is 5.56 Å². The molecule has 190 valence electrons. The predicted octanol–water partition coefficient (Wildman–Crippen LogP) is 4.50. The van der Waals surface area contributed by atoms with Gasteiger partial charge in [0.1, 0.15) is 0 Å². The maximum Gasteiger partial charge on any atom is 0.366 e. The van der Waals surface area contributed by atoms with E-state index in [2.05, 4.69) is 4.98 Å². The minimum Gasteiger partial charge on any atom is -0.478 e. The number of nitro benzene ring substituents is 1. The molecule has 1 aliphatic rings. The predicted molar refractivity (Wildman–Crippen MR) is 134 cm³/mol. The van der Waals surface area contributed by atoms with Gasteiger partial charge in [-0.2, -0.15) is 0 Å². The highest BCUT2D eigenvalue weighted by atomic mass is 16.7. The number of hydroxylamine groups is 2. The largest absolute Gasteiger partial charge is 0.478 e. The summed E-state index contributed by atoms with van der Waals surface area (Å²) in [5.74, 6) is -3.70. The molecule has 1 N–H and O–H groups in total. The molecule has 2 heterocycles. The summed E-state index contributed by atoms with van der Waals surface area (Å²) in [6.45, 7) is 3.41. The summed E-state index contributed by atoms with van der Waals surface area (Å²) in [5.41, 5.74) is 1.61. The Morgan fingerprint density at radius 1 is 1.05 bits per heavy atom. The summed E-state index contributed by atoms with van der Waals surface area (Å²) in [7, 11) is 0. The van der Waals surface area contributed by atoms with Crippen molar-refractivity contribution in [2.75, 3.05) is 0 Å². The van der Waals surface area contributed by atoms with Crippen LogP contribution in [0.5, 0.6) is 0 Å². The van der Waals surface area contributed by atoms with Crippen molar-refractivity contribution in [1.29, 1.82) is 0 Å². The second-order valence-corrected chi connectivity index (χ2v) is 8.92. The van der Waals surface area contributed by atoms with E-state index in [9.17, 15) is 34.4 Å². The Kier molecular flexibility index (Phi) is 5.83. The Morgan fingerprint density at radius 3 is 2.42 bits per heavy atom. The van der Waals surface area contributed by atoms with Gasteiger partial charge in [-0.25, -0.2) is 14.6 Å². The number of hydrogen-bond acceptors (Lipinski definition) is 8. The van der Waals surface area contributed by atoms with Crippen LogP contribution in [0, 0.1) is 24.0 Å². The van der Waals surface area contributed by atoms with Gasteiger partial charge < -0.3 is 9.94 Å². The number of fused-ring (bicyclic) bond motifs is 2. The Morgan fingerprint density at radius 2 is 1.76 bits per heavy atom. The molecule has 0 radical (unpaired) electrons. The van der Waals surface area contributed by atoms with Gasteiger partial charge in [0.25, 0.3) is 17.5 Å². The van der Waals surface area contributed by atoms with Crippen molar-refractivity contribution in [2.45, 2.75) is 26.7 Å². The zero-order valence-electron chi connectivity index (χ0n) is 20.2. The number of aromatic nitrogens is 1. The Hall–Kier alpha value is -5.19. The van der Waals surface area contributed by atoms with Crippen LogP contribution in [-0.2, 0) is 14.4 Å². The zero-order valence-corrected chi connectivity index (χ0v) is 20.2. The number of aryl methyl sites for hydroxylation is 2. The lowest BCUT2D eigenvalue weighted by molar-refractivity contribution is -0.384. The standard InChI is InChI=1S/C27H19N3O8/c1-13-6-7-17-19(10-13)28-25-18(27(35)38-29-20(31)8-9-21(29)32)11-14(2)22(24(25)23(17)26(33)34)15-4-3-5-16(12-15)30(36)37/h3-7,10-12H,8-9H2,1-2H3,(H,33,34). The molecule has 3 aromatic carbocycles. The first-order valence-electron chi connectivity index (χ1n) is 11.5. The van der Waals surface area contributed by atoms with E-state index in [1.165, 1.54) is 24.3 Å². The maximum absolute atomic E-state index is 13.3. The number of nitrogens with zero attached hydrogens (tertiary/aromatic N) is 3. The number of non-ortho nitro benzene ring substituents is 1. The van der Waals surface area contributed by atoms with E-state index in [1.807, 2.05) is 0 Å². The molecule has 0 bridgehead atoms. The van der Waals surface area contributed by atoms with Crippen LogP contribution in [0.25, 0.3) is 32.9 Å². The number of rotatable bonds is 5. The second-order valence-electron chi connectivity index (χ2n) is 8.92. The van der Waals surface area contributed by atoms with Crippen LogP contribution in [-0.4, -0.2) is 43.8 Å². The van der Waals surface area contributed by atoms with Crippen LogP contribution in [0.2, 0.25) is 0 Å². The number of aromatic carboxylic acids is 1. The monoisotopic (exact) mass is 513 g/mol. The average molecular weight is 513 g/mol. The van der Waals surface area contributed by atoms with E-state index < -0.39 is 28.7 Å². The number of hydrogen-bond donors (Lipinski definition) is 1. The van der Waals surface area contributed by atoms with Gasteiger partial charge in [-0.15, -0.1) is 5.06 Å². The van der Waals surface area contributed by atoms with Crippen LogP contribution in [0.4, 0.5) is 5.69 Å². The molecule has 0 saturated carbocycles. The fraction of sp³-hybridized carbons (Fsp3) is 0.148. The first-order chi connectivity index (χ1) is 18.1. The number of benzene rings is 3. The number of carboxylic acids is 1. The molecule has 1 aromatic heterocycles. The van der Waals surface area contributed by atoms with Gasteiger partial charge in [0.2, 0.25) is 0 Å². The van der Waals surface area contributed by atoms with Gasteiger partial charge in [0, 0.05) is 35.7 Å². The molecule has 38 heavy (non-hydrogen) atoms. The van der Waals surface area contributed by atoms with Crippen molar-refractivity contribution in [3.8, 4) is 11.1 Å². The van der Waals surface area contributed by atoms with E-state index in [1.54, 1.807) is 38.1 Å². The van der Waals surface area contributed by atoms with Gasteiger partial charge in [0.15, 0.2) is 0 Å². The third-order valence-corrected chi connectivity index (χ3v) is 6.36. The number of imide groups is 1. The third-order valence-electron chi connectivity index (χ3n) is 6.36. The maximum atomic E-state index is 13.3. The molecule has 1 aliphatic heterocycles. The van der Waals surface area contributed by atoms with Crippen LogP contribution in [0.15, 0.2) is 48.5 Å². The van der Waals surface area contributed by atoms with Crippen molar-refractivity contribution in [3.63, 3.8) is 0 Å². The van der Waals surface area contributed by atoms with Gasteiger partial charge in [0.05, 0.1) is 27.1 Å². The molecule has 0 unspecified atom stereocenters. The molecule has 2 amide bonds. The number of pyridine rings is 1. The number of carbonyl (C=O) groups excluding carboxylic acids is 3. The summed E-state index contributed by atoms with van der Waals surface area (Å²) >= 11 is 0. The van der Waals surface area contributed by atoms with Crippen LogP contribution in [0.3, 0.4) is 0 Å². The van der Waals surface area contributed by atoms with E-state index in [0.29, 0.717) is 32.7 Å². The first kappa shape index (κ1) is 24.5. The molecular formula is C27H19N3O8. The molecule has 5 rings (SSSR count). The number of nitro groups is 1. The average Bonchev–Trinajstić information content (AvgIpc) is 3.18. The van der Waals surface area contributed by atoms with Crippen molar-refractivity contribution in [3.05, 3.63) is 80.9 Å². The molecule has 0 spiro atoms. The summed E-state index contributed by atoms with van der Waals surface area (Å²) in [5, 5.41) is 22.6. The molecular weight excluding hydrogens is 494 g/mol. The fourth-order valence-corrected chi connectivity index (χ4v) is 4.68. The Labute approximate surface area is 214 Å². The Balaban J connectivity index is 1.88. The highest BCUT2D eigenvalue weighted by Crippen LogP contribution is 2.40. The van der Waals surface area contributed by atoms with Crippen LogP contribution < -0.4 is 0 Å². The molecule has 11 nitrogen and oxygen atoms in total. The molecule has 11 heteroatoms. The van der Waals surface area contributed by atoms with Gasteiger partial charge in [-0.1, -0.05) is 24.3 Å². The highest BCUT2D eigenvalue weighted by Gasteiger charge is 2.34. The quantitative estimate of drug-likeness (QED) is 0.176. The van der Waals surface area contributed by atoms with Crippen molar-refractivity contribution >= 4 is 51.2 Å². The summed E-state index contributed by atoms with van der Waals surface area (Å²) in [6.07, 6.45) is -0.189. The molecule has 4 aromatic rings. The third kappa shape index (κ3) is 3.99. The summed E-state index contributed by atoms with van der Waals surface area (Å²) < 4.78 is 0. The Bertz CT molecular complexity index is 1730. The topological polar surface area (TPSA) is 157 Å². The molecule has 0 atom stereocenters. The van der Waals surface area contributed by atoms with E-state index >= 15 is 0 Å². The minimum absolute atomic E-state index is 0.0447. The minimum atomic E-state index is -1.30. The number of carboxylic acid groups (broad SMARTS) is 1. The van der Waals surface area contributed by atoms with Crippen molar-refractivity contribution < 1.29 is 34.0 Å². The lowest BCUT2D eigenvalue weighted by Gasteiger charge is -2.19. The van der Waals surface area contributed by atoms with Gasteiger partial charge >= 0.3 is 11.9 Å². The van der Waals surface area contributed by atoms with Gasteiger partial charge in [-0.3, -0.25) is 19.7 Å². The normalized spacial score (nSPS) is 13.4. The van der Waals surface area contributed by atoms with E-state index in [4.69, 9.17) is 4.84 Å². The second kappa shape index (κ2) is 9.04. The van der Waals surface area contributed by atoms with Crippen molar-refractivity contribution in [2.24, 2.45) is 0 Å². The highest BCUT2D eigenvalue weighted by molar-refractivity contribution is 6.21. The molecule has 1 saturated heterocycles. The lowest BCUT2D eigenvalue weighted by Crippen LogP contribution is -2.32. The molecule has 1 fully saturated rings. The van der Waals surface area contributed by atoms with Crippen LogP contribution in [0.1, 0.15) is 44.7 Å². The van der Waals surface area contributed by atoms with Crippen LogP contribution >= 0.6 is 0 Å². The zero-order chi connectivity index (χ0) is 27.3. The van der Waals surface area contributed by atoms with Crippen molar-refractivity contribution in [1.82, 2.24) is 10.0 Å². The summed E-state index contributed by atoms with van der Waals surface area (Å²) in [4.78, 5) is 70.7. The number of carbonyl (C=O) groups is 4. The lowest BCUT2D eigenvalue weighted by atomic mass is 9.88. The smallest absolute Gasteiger partial charge is 0.366 e. The summed E-state index contributed by atoms with van der Waals surface area (Å²) in [6, 6.07) is 12.1. The van der Waals surface area contributed by atoms with Gasteiger partial charge in [-0.05, 0) is 48.2 Å². The van der Waals surface area contributed by atoms with E-state index in [-0.39, 0.29) is 40.6 Å². The first-order valence-corrected chi connectivity index (χ1v) is 11.5. The fourth-order valence-electron chi connectivity index (χ4n) is 4.68. The molecule has 0 aliphatic carbocycles. The SMILES string of the molecule is Cc1ccc2c(C(=O)O)c3c(-c4cccc([N+](=O)[O-])c4)c(C)cc(C(=O)ON4C(=O)CCC4=O)c3nc2c1.